The number of aromatic nitrogens is 2. The number of hydrogen-bond acceptors (Lipinski definition) is 2. The lowest BCUT2D eigenvalue weighted by Gasteiger charge is -2.07. The Morgan fingerprint density at radius 2 is 1.75 bits per heavy atom. The van der Waals surface area contributed by atoms with Crippen LogP contribution in [-0.2, 0) is 13.0 Å². The Morgan fingerprint density at radius 3 is 2.60 bits per heavy atom. The first-order chi connectivity index (χ1) is 9.83. The van der Waals surface area contributed by atoms with Gasteiger partial charge < -0.3 is 0 Å². The van der Waals surface area contributed by atoms with Crippen molar-refractivity contribution in [3.63, 3.8) is 0 Å². The number of fused-ring (bicyclic) bond motifs is 2. The van der Waals surface area contributed by atoms with Crippen LogP contribution in [-0.4, -0.2) is 9.55 Å². The predicted octanol–water partition coefficient (Wildman–Crippen LogP) is 2.74. The Hall–Kier alpha value is -2.42. The van der Waals surface area contributed by atoms with Gasteiger partial charge in [-0.2, -0.15) is 0 Å². The van der Waals surface area contributed by atoms with E-state index in [1.807, 2.05) is 47.0 Å². The summed E-state index contributed by atoms with van der Waals surface area (Å²) < 4.78 is 1.83. The molecule has 2 heterocycles. The normalized spacial score (nSPS) is 17.3. The van der Waals surface area contributed by atoms with Gasteiger partial charge in [0.1, 0.15) is 5.82 Å². The van der Waals surface area contributed by atoms with Crippen LogP contribution in [0.3, 0.4) is 0 Å². The molecular formula is C17H14N2O. The molecule has 0 saturated carbocycles. The van der Waals surface area contributed by atoms with E-state index in [4.69, 9.17) is 0 Å². The molecule has 1 atom stereocenters. The second-order valence-corrected chi connectivity index (χ2v) is 5.27. The van der Waals surface area contributed by atoms with Crippen molar-refractivity contribution in [3.05, 3.63) is 76.3 Å². The van der Waals surface area contributed by atoms with Crippen LogP contribution in [0.5, 0.6) is 0 Å². The van der Waals surface area contributed by atoms with Crippen LogP contribution >= 0.6 is 0 Å². The van der Waals surface area contributed by atoms with Crippen molar-refractivity contribution >= 4 is 10.9 Å². The third-order valence-corrected chi connectivity index (χ3v) is 4.04. The molecule has 3 nitrogen and oxygen atoms in total. The van der Waals surface area contributed by atoms with Crippen molar-refractivity contribution in [2.45, 2.75) is 18.9 Å². The smallest absolute Gasteiger partial charge is 0.261 e. The van der Waals surface area contributed by atoms with Gasteiger partial charge in [0.2, 0.25) is 0 Å². The van der Waals surface area contributed by atoms with E-state index in [1.165, 1.54) is 5.56 Å². The van der Waals surface area contributed by atoms with Gasteiger partial charge in [-0.25, -0.2) is 4.98 Å². The fraction of sp³-hybridized carbons (Fsp3) is 0.176. The van der Waals surface area contributed by atoms with E-state index in [0.29, 0.717) is 11.3 Å². The van der Waals surface area contributed by atoms with Crippen LogP contribution in [0.2, 0.25) is 0 Å². The van der Waals surface area contributed by atoms with E-state index < -0.39 is 0 Å². The molecule has 0 amide bonds. The molecule has 0 radical (unpaired) electrons. The zero-order chi connectivity index (χ0) is 13.5. The maximum Gasteiger partial charge on any atom is 0.261 e. The summed E-state index contributed by atoms with van der Waals surface area (Å²) in [6.07, 6.45) is 0.837. The number of benzene rings is 2. The molecule has 4 rings (SSSR count). The highest BCUT2D eigenvalue weighted by atomic mass is 16.1. The van der Waals surface area contributed by atoms with Crippen molar-refractivity contribution < 1.29 is 0 Å². The number of para-hydroxylation sites is 1. The summed E-state index contributed by atoms with van der Waals surface area (Å²) in [4.78, 5) is 17.2. The second kappa shape index (κ2) is 4.30. The molecule has 98 valence electrons. The third kappa shape index (κ3) is 1.67. The average Bonchev–Trinajstić information content (AvgIpc) is 2.93. The maximum absolute atomic E-state index is 12.5. The standard InChI is InChI=1S/C17H14N2O/c20-17-14-8-4-5-9-15(14)18-16-10-13(11-19(16)17)12-6-2-1-3-7-12/h1-9,13H,10-11H2. The molecule has 2 aromatic carbocycles. The molecule has 20 heavy (non-hydrogen) atoms. The molecule has 1 aliphatic rings. The summed E-state index contributed by atoms with van der Waals surface area (Å²) in [5, 5.41) is 0.713. The zero-order valence-corrected chi connectivity index (χ0v) is 11.0. The first-order valence-electron chi connectivity index (χ1n) is 6.86. The van der Waals surface area contributed by atoms with Crippen LogP contribution in [0.4, 0.5) is 0 Å². The van der Waals surface area contributed by atoms with Gasteiger partial charge in [0, 0.05) is 18.9 Å². The van der Waals surface area contributed by atoms with Gasteiger partial charge in [0.05, 0.1) is 10.9 Å². The van der Waals surface area contributed by atoms with Crippen LogP contribution < -0.4 is 5.56 Å². The molecule has 1 aromatic heterocycles. The first kappa shape index (κ1) is 11.4. The second-order valence-electron chi connectivity index (χ2n) is 5.27. The molecule has 0 aliphatic carbocycles. The Morgan fingerprint density at radius 1 is 1.00 bits per heavy atom. The van der Waals surface area contributed by atoms with E-state index >= 15 is 0 Å². The van der Waals surface area contributed by atoms with Gasteiger partial charge in [0.15, 0.2) is 0 Å². The van der Waals surface area contributed by atoms with Crippen molar-refractivity contribution in [2.75, 3.05) is 0 Å². The minimum Gasteiger partial charge on any atom is -0.295 e. The summed E-state index contributed by atoms with van der Waals surface area (Å²) in [6.45, 7) is 0.732. The zero-order valence-electron chi connectivity index (χ0n) is 11.0. The van der Waals surface area contributed by atoms with Crippen molar-refractivity contribution in [1.82, 2.24) is 9.55 Å². The van der Waals surface area contributed by atoms with Gasteiger partial charge in [-0.15, -0.1) is 0 Å². The monoisotopic (exact) mass is 262 g/mol. The minimum absolute atomic E-state index is 0.0871. The molecular weight excluding hydrogens is 248 g/mol. The highest BCUT2D eigenvalue weighted by molar-refractivity contribution is 5.77. The summed E-state index contributed by atoms with van der Waals surface area (Å²) in [6, 6.07) is 17.9. The Labute approximate surface area is 116 Å². The molecule has 0 fully saturated rings. The Bertz CT molecular complexity index is 836. The Kier molecular flexibility index (Phi) is 2.46. The SMILES string of the molecule is O=c1c2ccccc2nc2n1CC(c1ccccc1)C2. The molecule has 3 aromatic rings. The van der Waals surface area contributed by atoms with Crippen molar-refractivity contribution in [2.24, 2.45) is 0 Å². The van der Waals surface area contributed by atoms with E-state index in [9.17, 15) is 4.79 Å². The lowest BCUT2D eigenvalue weighted by molar-refractivity contribution is 0.641. The summed E-state index contributed by atoms with van der Waals surface area (Å²) >= 11 is 0. The van der Waals surface area contributed by atoms with Gasteiger partial charge >= 0.3 is 0 Å². The van der Waals surface area contributed by atoms with Crippen LogP contribution in [0, 0.1) is 0 Å². The Balaban J connectivity index is 1.84. The molecule has 3 heteroatoms. The van der Waals surface area contributed by atoms with Gasteiger partial charge in [0.25, 0.3) is 5.56 Å². The van der Waals surface area contributed by atoms with Gasteiger partial charge in [-0.1, -0.05) is 42.5 Å². The lowest BCUT2D eigenvalue weighted by Crippen LogP contribution is -2.21. The molecule has 0 spiro atoms. The number of rotatable bonds is 1. The van der Waals surface area contributed by atoms with Crippen molar-refractivity contribution in [1.29, 1.82) is 0 Å². The number of hydrogen-bond donors (Lipinski definition) is 0. The molecule has 1 unspecified atom stereocenters. The largest absolute Gasteiger partial charge is 0.295 e. The average molecular weight is 262 g/mol. The third-order valence-electron chi connectivity index (χ3n) is 4.04. The molecule has 1 aliphatic heterocycles. The quantitative estimate of drug-likeness (QED) is 0.676. The van der Waals surface area contributed by atoms with E-state index in [0.717, 1.165) is 24.3 Å². The molecule has 0 N–H and O–H groups in total. The van der Waals surface area contributed by atoms with Crippen LogP contribution in [0.1, 0.15) is 17.3 Å². The lowest BCUT2D eigenvalue weighted by atomic mass is 9.98. The molecule has 0 saturated heterocycles. The van der Waals surface area contributed by atoms with E-state index in [-0.39, 0.29) is 5.56 Å². The topological polar surface area (TPSA) is 34.9 Å². The fourth-order valence-electron chi connectivity index (χ4n) is 3.01. The minimum atomic E-state index is 0.0871. The van der Waals surface area contributed by atoms with Crippen LogP contribution in [0.15, 0.2) is 59.4 Å². The maximum atomic E-state index is 12.5. The van der Waals surface area contributed by atoms with E-state index in [1.54, 1.807) is 0 Å². The van der Waals surface area contributed by atoms with Gasteiger partial charge in [-0.05, 0) is 17.7 Å². The highest BCUT2D eigenvalue weighted by Crippen LogP contribution is 2.27. The van der Waals surface area contributed by atoms with Crippen LogP contribution in [0.25, 0.3) is 10.9 Å². The predicted molar refractivity (Wildman–Crippen MR) is 78.9 cm³/mol. The highest BCUT2D eigenvalue weighted by Gasteiger charge is 2.25. The first-order valence-corrected chi connectivity index (χ1v) is 6.86. The van der Waals surface area contributed by atoms with Gasteiger partial charge in [-0.3, -0.25) is 9.36 Å². The summed E-state index contributed by atoms with van der Waals surface area (Å²) in [7, 11) is 0. The fourth-order valence-corrected chi connectivity index (χ4v) is 3.01. The molecule has 0 bridgehead atoms. The summed E-state index contributed by atoms with van der Waals surface area (Å²) in [5.41, 5.74) is 2.17. The summed E-state index contributed by atoms with van der Waals surface area (Å²) in [5.74, 6) is 1.26. The van der Waals surface area contributed by atoms with Crippen molar-refractivity contribution in [3.8, 4) is 0 Å². The number of nitrogens with zero attached hydrogens (tertiary/aromatic N) is 2. The van der Waals surface area contributed by atoms with E-state index in [2.05, 4.69) is 17.1 Å².